The molecule has 0 unspecified atom stereocenters. The number of piperazine rings is 1. The molecule has 0 aromatic carbocycles. The average molecular weight is 320 g/mol. The van der Waals surface area contributed by atoms with Gasteiger partial charge in [-0.25, -0.2) is 4.98 Å². The van der Waals surface area contributed by atoms with E-state index >= 15 is 0 Å². The van der Waals surface area contributed by atoms with Gasteiger partial charge in [0.2, 0.25) is 0 Å². The van der Waals surface area contributed by atoms with Crippen molar-refractivity contribution in [1.29, 1.82) is 0 Å². The van der Waals surface area contributed by atoms with Gasteiger partial charge in [-0.2, -0.15) is 11.8 Å². The summed E-state index contributed by atoms with van der Waals surface area (Å²) in [5.41, 5.74) is 0.724. The zero-order valence-electron chi connectivity index (χ0n) is 13.1. The van der Waals surface area contributed by atoms with Crippen LogP contribution in [0.4, 0.5) is 5.82 Å². The van der Waals surface area contributed by atoms with Crippen LogP contribution in [-0.2, 0) is 0 Å². The second kappa shape index (κ2) is 7.33. The van der Waals surface area contributed by atoms with Gasteiger partial charge in [0.05, 0.1) is 0 Å². The fraction of sp³-hybridized carbons (Fsp3) is 0.625. The first-order valence-electron chi connectivity index (χ1n) is 8.00. The van der Waals surface area contributed by atoms with Crippen molar-refractivity contribution >= 4 is 23.5 Å². The number of rotatable bonds is 3. The summed E-state index contributed by atoms with van der Waals surface area (Å²) in [5, 5.41) is 3.17. The monoisotopic (exact) mass is 320 g/mol. The lowest BCUT2D eigenvalue weighted by Crippen LogP contribution is -2.45. The number of amides is 1. The number of nitrogens with zero attached hydrogens (tertiary/aromatic N) is 3. The molecule has 1 N–H and O–H groups in total. The van der Waals surface area contributed by atoms with Gasteiger partial charge in [0.25, 0.3) is 5.91 Å². The molecule has 1 aromatic rings. The summed E-state index contributed by atoms with van der Waals surface area (Å²) in [7, 11) is 2.14. The van der Waals surface area contributed by atoms with E-state index in [1.54, 1.807) is 6.20 Å². The first-order chi connectivity index (χ1) is 10.7. The van der Waals surface area contributed by atoms with Crippen molar-refractivity contribution in [3.8, 4) is 0 Å². The molecule has 2 saturated heterocycles. The summed E-state index contributed by atoms with van der Waals surface area (Å²) in [6, 6.07) is 4.07. The number of likely N-dealkylation sites (N-methyl/N-ethyl adjacent to an activating group) is 1. The van der Waals surface area contributed by atoms with Crippen LogP contribution in [0.15, 0.2) is 18.3 Å². The van der Waals surface area contributed by atoms with Crippen LogP contribution in [0.3, 0.4) is 0 Å². The minimum Gasteiger partial charge on any atom is -0.354 e. The number of pyridine rings is 1. The maximum absolute atomic E-state index is 12.4. The van der Waals surface area contributed by atoms with Crippen molar-refractivity contribution in [2.45, 2.75) is 18.9 Å². The van der Waals surface area contributed by atoms with Gasteiger partial charge in [-0.3, -0.25) is 4.79 Å². The van der Waals surface area contributed by atoms with E-state index in [0.717, 1.165) is 61.9 Å². The molecule has 22 heavy (non-hydrogen) atoms. The summed E-state index contributed by atoms with van der Waals surface area (Å²) in [5.74, 6) is 3.25. The SMILES string of the molecule is CN1CCN(c2cc(C(=O)NC3CCSCC3)ccn2)CC1. The minimum atomic E-state index is 0.0367. The Morgan fingerprint density at radius 1 is 1.27 bits per heavy atom. The Kier molecular flexibility index (Phi) is 5.20. The van der Waals surface area contributed by atoms with E-state index in [1.165, 1.54) is 0 Å². The van der Waals surface area contributed by atoms with Gasteiger partial charge in [0.15, 0.2) is 0 Å². The summed E-state index contributed by atoms with van der Waals surface area (Å²) >= 11 is 1.97. The Labute approximate surface area is 136 Å². The molecule has 1 aromatic heterocycles. The molecule has 0 atom stereocenters. The van der Waals surface area contributed by atoms with Crippen molar-refractivity contribution in [3.05, 3.63) is 23.9 Å². The second-order valence-electron chi connectivity index (χ2n) is 6.05. The molecule has 3 heterocycles. The van der Waals surface area contributed by atoms with E-state index in [9.17, 15) is 4.79 Å². The van der Waals surface area contributed by atoms with Gasteiger partial charge in [0, 0.05) is 44.0 Å². The Hall–Kier alpha value is -1.27. The number of anilines is 1. The number of aromatic nitrogens is 1. The summed E-state index contributed by atoms with van der Waals surface area (Å²) in [6.07, 6.45) is 3.90. The third-order valence-corrected chi connectivity index (χ3v) is 5.44. The highest BCUT2D eigenvalue weighted by Crippen LogP contribution is 2.18. The van der Waals surface area contributed by atoms with Crippen molar-refractivity contribution in [2.24, 2.45) is 0 Å². The molecule has 1 amide bonds. The van der Waals surface area contributed by atoms with Crippen molar-refractivity contribution in [2.75, 3.05) is 49.6 Å². The number of nitrogens with one attached hydrogen (secondary N) is 1. The van der Waals surface area contributed by atoms with Crippen molar-refractivity contribution < 1.29 is 4.79 Å². The van der Waals surface area contributed by atoms with Gasteiger partial charge in [-0.1, -0.05) is 0 Å². The number of carbonyl (C=O) groups excluding carboxylic acids is 1. The highest BCUT2D eigenvalue weighted by molar-refractivity contribution is 7.99. The third-order valence-electron chi connectivity index (χ3n) is 4.39. The largest absolute Gasteiger partial charge is 0.354 e. The normalized spacial score (nSPS) is 20.9. The van der Waals surface area contributed by atoms with Crippen LogP contribution in [0.25, 0.3) is 0 Å². The van der Waals surface area contributed by atoms with Gasteiger partial charge < -0.3 is 15.1 Å². The van der Waals surface area contributed by atoms with E-state index in [0.29, 0.717) is 6.04 Å². The van der Waals surface area contributed by atoms with Crippen LogP contribution in [0, 0.1) is 0 Å². The standard InChI is InChI=1S/C16H24N4OS/c1-19-6-8-20(9-7-19)15-12-13(2-5-17-15)16(21)18-14-3-10-22-11-4-14/h2,5,12,14H,3-4,6-11H2,1H3,(H,18,21). The molecule has 2 aliphatic heterocycles. The lowest BCUT2D eigenvalue weighted by atomic mass is 10.1. The molecular weight excluding hydrogens is 296 g/mol. The zero-order valence-corrected chi connectivity index (χ0v) is 13.9. The quantitative estimate of drug-likeness (QED) is 0.914. The zero-order chi connectivity index (χ0) is 15.4. The molecule has 120 valence electrons. The molecule has 0 bridgehead atoms. The minimum absolute atomic E-state index is 0.0367. The Morgan fingerprint density at radius 2 is 2.00 bits per heavy atom. The molecule has 0 saturated carbocycles. The predicted octanol–water partition coefficient (Wildman–Crippen LogP) is 1.46. The molecule has 0 radical (unpaired) electrons. The molecule has 2 aliphatic rings. The van der Waals surface area contributed by atoms with E-state index < -0.39 is 0 Å². The molecule has 2 fully saturated rings. The third kappa shape index (κ3) is 3.93. The molecule has 5 nitrogen and oxygen atoms in total. The number of hydrogen-bond acceptors (Lipinski definition) is 5. The Balaban J connectivity index is 1.63. The van der Waals surface area contributed by atoms with E-state index in [2.05, 4.69) is 27.1 Å². The maximum atomic E-state index is 12.4. The van der Waals surface area contributed by atoms with Crippen LogP contribution in [0.5, 0.6) is 0 Å². The number of hydrogen-bond donors (Lipinski definition) is 1. The molecule has 0 spiro atoms. The van der Waals surface area contributed by atoms with Crippen LogP contribution >= 0.6 is 11.8 Å². The topological polar surface area (TPSA) is 48.5 Å². The average Bonchev–Trinajstić information content (AvgIpc) is 2.56. The summed E-state index contributed by atoms with van der Waals surface area (Å²) < 4.78 is 0. The fourth-order valence-electron chi connectivity index (χ4n) is 2.88. The van der Waals surface area contributed by atoms with Crippen molar-refractivity contribution in [1.82, 2.24) is 15.2 Å². The van der Waals surface area contributed by atoms with E-state index in [4.69, 9.17) is 0 Å². The van der Waals surface area contributed by atoms with Gasteiger partial charge in [-0.05, 0) is 43.5 Å². The lowest BCUT2D eigenvalue weighted by Gasteiger charge is -2.33. The lowest BCUT2D eigenvalue weighted by molar-refractivity contribution is 0.0934. The van der Waals surface area contributed by atoms with Crippen LogP contribution in [-0.4, -0.2) is 66.6 Å². The molecule has 3 rings (SSSR count). The van der Waals surface area contributed by atoms with Crippen molar-refractivity contribution in [3.63, 3.8) is 0 Å². The smallest absolute Gasteiger partial charge is 0.251 e. The maximum Gasteiger partial charge on any atom is 0.251 e. The van der Waals surface area contributed by atoms with Gasteiger partial charge >= 0.3 is 0 Å². The fourth-order valence-corrected chi connectivity index (χ4v) is 3.99. The molecular formula is C16H24N4OS. The Bertz CT molecular complexity index is 511. The predicted molar refractivity (Wildman–Crippen MR) is 91.8 cm³/mol. The molecule has 6 heteroatoms. The number of carbonyl (C=O) groups is 1. The first-order valence-corrected chi connectivity index (χ1v) is 9.16. The van der Waals surface area contributed by atoms with Gasteiger partial charge in [0.1, 0.15) is 5.82 Å². The highest BCUT2D eigenvalue weighted by atomic mass is 32.2. The van der Waals surface area contributed by atoms with Gasteiger partial charge in [-0.15, -0.1) is 0 Å². The Morgan fingerprint density at radius 3 is 2.73 bits per heavy atom. The van der Waals surface area contributed by atoms with Crippen LogP contribution < -0.4 is 10.2 Å². The molecule has 0 aliphatic carbocycles. The highest BCUT2D eigenvalue weighted by Gasteiger charge is 2.19. The van der Waals surface area contributed by atoms with E-state index in [1.807, 2.05) is 23.9 Å². The van der Waals surface area contributed by atoms with Crippen LogP contribution in [0.2, 0.25) is 0 Å². The van der Waals surface area contributed by atoms with E-state index in [-0.39, 0.29) is 5.91 Å². The first kappa shape index (κ1) is 15.6. The summed E-state index contributed by atoms with van der Waals surface area (Å²) in [6.45, 7) is 4.01. The number of thioether (sulfide) groups is 1. The second-order valence-corrected chi connectivity index (χ2v) is 7.28. The van der Waals surface area contributed by atoms with Crippen LogP contribution in [0.1, 0.15) is 23.2 Å². The summed E-state index contributed by atoms with van der Waals surface area (Å²) in [4.78, 5) is 21.4.